The van der Waals surface area contributed by atoms with E-state index in [1.807, 2.05) is 16.8 Å². The smallest absolute Gasteiger partial charge is 0.236 e. The molecule has 6 heteroatoms. The molecule has 2 atom stereocenters. The second-order valence-corrected chi connectivity index (χ2v) is 8.00. The number of likely N-dealkylation sites (N-methyl/N-ethyl adjacent to an activating group) is 1. The fourth-order valence-corrected chi connectivity index (χ4v) is 4.12. The average molecular weight is 336 g/mol. The van der Waals surface area contributed by atoms with Gasteiger partial charge in [-0.05, 0) is 24.7 Å². The molecule has 2 heterocycles. The lowest BCUT2D eigenvalue weighted by Gasteiger charge is -2.39. The Hall–Kier alpha value is -1.14. The molecule has 0 aromatic rings. The first-order chi connectivity index (χ1) is 11.4. The third kappa shape index (κ3) is 4.28. The summed E-state index contributed by atoms with van der Waals surface area (Å²) in [6, 6.07) is 0.514. The molecule has 2 amide bonds. The Kier molecular flexibility index (Phi) is 5.45. The van der Waals surface area contributed by atoms with Crippen molar-refractivity contribution in [1.82, 2.24) is 19.6 Å². The van der Waals surface area contributed by atoms with Gasteiger partial charge in [-0.2, -0.15) is 0 Å². The van der Waals surface area contributed by atoms with Crippen molar-refractivity contribution in [1.29, 1.82) is 0 Å². The minimum absolute atomic E-state index is 0.181. The Morgan fingerprint density at radius 3 is 2.33 bits per heavy atom. The van der Waals surface area contributed by atoms with Crippen molar-refractivity contribution in [3.8, 4) is 0 Å². The van der Waals surface area contributed by atoms with Crippen molar-refractivity contribution in [2.45, 2.75) is 32.7 Å². The normalized spacial score (nSPS) is 29.0. The number of rotatable bonds is 5. The maximum atomic E-state index is 12.4. The molecule has 2 aliphatic heterocycles. The van der Waals surface area contributed by atoms with Crippen LogP contribution in [0.4, 0.5) is 0 Å². The highest BCUT2D eigenvalue weighted by Gasteiger charge is 2.36. The summed E-state index contributed by atoms with van der Waals surface area (Å²) in [5.41, 5.74) is 0. The van der Waals surface area contributed by atoms with Crippen LogP contribution in [0.25, 0.3) is 0 Å². The highest BCUT2D eigenvalue weighted by molar-refractivity contribution is 5.78. The van der Waals surface area contributed by atoms with Crippen LogP contribution in [0, 0.1) is 11.8 Å². The Bertz CT molecular complexity index is 472. The van der Waals surface area contributed by atoms with Gasteiger partial charge < -0.3 is 9.80 Å². The molecule has 2 unspecified atom stereocenters. The average Bonchev–Trinajstić information content (AvgIpc) is 3.29. The summed E-state index contributed by atoms with van der Waals surface area (Å²) in [5.74, 6) is 1.77. The molecule has 6 nitrogen and oxygen atoms in total. The third-order valence-electron chi connectivity index (χ3n) is 5.89. The van der Waals surface area contributed by atoms with E-state index in [2.05, 4.69) is 16.7 Å². The summed E-state index contributed by atoms with van der Waals surface area (Å²) in [7, 11) is 1.94. The molecule has 1 saturated carbocycles. The number of nitrogens with zero attached hydrogens (tertiary/aromatic N) is 4. The summed E-state index contributed by atoms with van der Waals surface area (Å²) < 4.78 is 0. The lowest BCUT2D eigenvalue weighted by Crippen LogP contribution is -2.53. The van der Waals surface area contributed by atoms with E-state index in [0.29, 0.717) is 18.5 Å². The molecule has 0 aromatic heterocycles. The molecule has 0 aromatic carbocycles. The van der Waals surface area contributed by atoms with E-state index >= 15 is 0 Å². The van der Waals surface area contributed by atoms with Crippen LogP contribution in [-0.2, 0) is 9.59 Å². The van der Waals surface area contributed by atoms with Crippen molar-refractivity contribution < 1.29 is 9.59 Å². The van der Waals surface area contributed by atoms with Gasteiger partial charge in [-0.15, -0.1) is 0 Å². The highest BCUT2D eigenvalue weighted by Crippen LogP contribution is 2.29. The van der Waals surface area contributed by atoms with Gasteiger partial charge in [-0.25, -0.2) is 0 Å². The van der Waals surface area contributed by atoms with Gasteiger partial charge in [-0.1, -0.05) is 6.92 Å². The molecule has 0 spiro atoms. The maximum Gasteiger partial charge on any atom is 0.236 e. The molecular weight excluding hydrogens is 304 g/mol. The Morgan fingerprint density at radius 1 is 1.08 bits per heavy atom. The van der Waals surface area contributed by atoms with Crippen LogP contribution < -0.4 is 0 Å². The fraction of sp³-hybridized carbons (Fsp3) is 0.889. The molecule has 0 N–H and O–H groups in total. The number of carbonyl (C=O) groups excluding carboxylic acids is 2. The van der Waals surface area contributed by atoms with E-state index < -0.39 is 0 Å². The Labute approximate surface area is 145 Å². The molecule has 0 bridgehead atoms. The summed E-state index contributed by atoms with van der Waals surface area (Å²) in [6.45, 7) is 11.0. The number of hydrogen-bond acceptors (Lipinski definition) is 4. The van der Waals surface area contributed by atoms with Gasteiger partial charge in [0.15, 0.2) is 0 Å². The predicted molar refractivity (Wildman–Crippen MR) is 93.6 cm³/mol. The quantitative estimate of drug-likeness (QED) is 0.726. The van der Waals surface area contributed by atoms with E-state index in [1.54, 1.807) is 6.92 Å². The zero-order valence-electron chi connectivity index (χ0n) is 15.4. The first-order valence-electron chi connectivity index (χ1n) is 9.40. The van der Waals surface area contributed by atoms with Gasteiger partial charge in [0.1, 0.15) is 0 Å². The van der Waals surface area contributed by atoms with Crippen molar-refractivity contribution in [3.05, 3.63) is 0 Å². The van der Waals surface area contributed by atoms with Gasteiger partial charge in [0, 0.05) is 65.8 Å². The van der Waals surface area contributed by atoms with Crippen molar-refractivity contribution in [2.24, 2.45) is 11.8 Å². The van der Waals surface area contributed by atoms with E-state index in [0.717, 1.165) is 51.7 Å². The summed E-state index contributed by atoms with van der Waals surface area (Å²) >= 11 is 0. The van der Waals surface area contributed by atoms with E-state index in [-0.39, 0.29) is 11.8 Å². The molecule has 1 aliphatic carbocycles. The van der Waals surface area contributed by atoms with Crippen LogP contribution in [0.3, 0.4) is 0 Å². The van der Waals surface area contributed by atoms with Crippen molar-refractivity contribution in [2.75, 3.05) is 59.4 Å². The molecule has 2 saturated heterocycles. The van der Waals surface area contributed by atoms with Crippen LogP contribution in [0.5, 0.6) is 0 Å². The van der Waals surface area contributed by atoms with Crippen LogP contribution in [0.1, 0.15) is 26.7 Å². The van der Waals surface area contributed by atoms with Crippen LogP contribution in [0.15, 0.2) is 0 Å². The number of hydrogen-bond donors (Lipinski definition) is 0. The second-order valence-electron chi connectivity index (χ2n) is 8.00. The number of piperazine rings is 1. The molecule has 136 valence electrons. The summed E-state index contributed by atoms with van der Waals surface area (Å²) in [5, 5.41) is 0. The van der Waals surface area contributed by atoms with Crippen LogP contribution in [-0.4, -0.2) is 96.9 Å². The Morgan fingerprint density at radius 2 is 1.75 bits per heavy atom. The van der Waals surface area contributed by atoms with E-state index in [1.165, 1.54) is 12.8 Å². The highest BCUT2D eigenvalue weighted by atomic mass is 16.2. The molecule has 3 fully saturated rings. The minimum Gasteiger partial charge on any atom is -0.344 e. The number of amides is 2. The zero-order valence-corrected chi connectivity index (χ0v) is 15.4. The lowest BCUT2D eigenvalue weighted by molar-refractivity contribution is -0.132. The van der Waals surface area contributed by atoms with Gasteiger partial charge >= 0.3 is 0 Å². The standard InChI is InChI=1S/C18H32N4O2/c1-14-10-20(13-18(24)19(3)11-16-4-5-16)12-17(14)22-8-6-21(7-9-22)15(2)23/h14,16-17H,4-13H2,1-3H3. The van der Waals surface area contributed by atoms with E-state index in [9.17, 15) is 9.59 Å². The van der Waals surface area contributed by atoms with Gasteiger partial charge in [-0.3, -0.25) is 19.4 Å². The Balaban J connectivity index is 1.46. The van der Waals surface area contributed by atoms with Crippen molar-refractivity contribution in [3.63, 3.8) is 0 Å². The lowest BCUT2D eigenvalue weighted by atomic mass is 10.0. The maximum absolute atomic E-state index is 12.4. The SMILES string of the molecule is CC(=O)N1CCN(C2CN(CC(=O)N(C)CC3CC3)CC2C)CC1. The molecule has 0 radical (unpaired) electrons. The van der Waals surface area contributed by atoms with E-state index in [4.69, 9.17) is 0 Å². The fourth-order valence-electron chi connectivity index (χ4n) is 4.12. The van der Waals surface area contributed by atoms with Gasteiger partial charge in [0.2, 0.25) is 11.8 Å². The molecule has 24 heavy (non-hydrogen) atoms. The second kappa shape index (κ2) is 7.40. The van der Waals surface area contributed by atoms with Gasteiger partial charge in [0.25, 0.3) is 0 Å². The van der Waals surface area contributed by atoms with Crippen LogP contribution >= 0.6 is 0 Å². The zero-order chi connectivity index (χ0) is 17.3. The first-order valence-corrected chi connectivity index (χ1v) is 9.40. The first kappa shape index (κ1) is 17.7. The van der Waals surface area contributed by atoms with Crippen LogP contribution in [0.2, 0.25) is 0 Å². The molecule has 3 aliphatic rings. The largest absolute Gasteiger partial charge is 0.344 e. The number of likely N-dealkylation sites (tertiary alicyclic amines) is 1. The molecule has 3 rings (SSSR count). The minimum atomic E-state index is 0.181. The van der Waals surface area contributed by atoms with Crippen molar-refractivity contribution >= 4 is 11.8 Å². The molecular formula is C18H32N4O2. The predicted octanol–water partition coefficient (Wildman–Crippen LogP) is 0.339. The topological polar surface area (TPSA) is 47.1 Å². The summed E-state index contributed by atoms with van der Waals surface area (Å²) in [6.07, 6.45) is 2.57. The summed E-state index contributed by atoms with van der Waals surface area (Å²) in [4.78, 5) is 32.5. The monoisotopic (exact) mass is 336 g/mol. The number of carbonyl (C=O) groups is 2. The van der Waals surface area contributed by atoms with Gasteiger partial charge in [0.05, 0.1) is 6.54 Å². The third-order valence-corrected chi connectivity index (χ3v) is 5.89.